The van der Waals surface area contributed by atoms with Gasteiger partial charge in [0, 0.05) is 5.69 Å². The van der Waals surface area contributed by atoms with Gasteiger partial charge in [0.25, 0.3) is 10.0 Å². The van der Waals surface area contributed by atoms with Gasteiger partial charge in [-0.15, -0.1) is 0 Å². The van der Waals surface area contributed by atoms with Crippen molar-refractivity contribution in [3.63, 3.8) is 0 Å². The van der Waals surface area contributed by atoms with Crippen LogP contribution in [0.2, 0.25) is 0 Å². The summed E-state index contributed by atoms with van der Waals surface area (Å²) in [6, 6.07) is 18.7. The number of hydrogen-bond acceptors (Lipinski definition) is 3. The van der Waals surface area contributed by atoms with Crippen LogP contribution in [0.1, 0.15) is 16.8 Å². The van der Waals surface area contributed by atoms with Gasteiger partial charge in [-0.25, -0.2) is 13.4 Å². The van der Waals surface area contributed by atoms with Crippen molar-refractivity contribution in [3.05, 3.63) is 77.5 Å². The second kappa shape index (κ2) is 6.69. The topological polar surface area (TPSA) is 59.1 Å². The van der Waals surface area contributed by atoms with Gasteiger partial charge in [0.2, 0.25) is 0 Å². The normalized spacial score (nSPS) is 11.3. The van der Waals surface area contributed by atoms with Crippen molar-refractivity contribution in [3.8, 4) is 11.1 Å². The van der Waals surface area contributed by atoms with Crippen molar-refractivity contribution in [1.29, 1.82) is 0 Å². The van der Waals surface area contributed by atoms with Crippen molar-refractivity contribution in [2.45, 2.75) is 25.7 Å². The Morgan fingerprint density at radius 1 is 0.840 bits per heavy atom. The first-order chi connectivity index (χ1) is 11.9. The highest BCUT2D eigenvalue weighted by atomic mass is 32.2. The third kappa shape index (κ3) is 3.72. The Morgan fingerprint density at radius 3 is 2.28 bits per heavy atom. The van der Waals surface area contributed by atoms with Crippen LogP contribution >= 0.6 is 0 Å². The van der Waals surface area contributed by atoms with E-state index < -0.39 is 10.0 Å². The van der Waals surface area contributed by atoms with E-state index in [2.05, 4.69) is 9.71 Å². The van der Waals surface area contributed by atoms with Crippen LogP contribution in [0.3, 0.4) is 0 Å². The molecule has 4 nitrogen and oxygen atoms in total. The molecule has 0 saturated carbocycles. The van der Waals surface area contributed by atoms with Gasteiger partial charge < -0.3 is 0 Å². The van der Waals surface area contributed by atoms with Gasteiger partial charge in [-0.2, -0.15) is 0 Å². The zero-order valence-corrected chi connectivity index (χ0v) is 15.3. The molecule has 0 fully saturated rings. The predicted octanol–water partition coefficient (Wildman–Crippen LogP) is 4.47. The summed E-state index contributed by atoms with van der Waals surface area (Å²) in [6.07, 6.45) is 0. The Balaban J connectivity index is 1.96. The first-order valence-corrected chi connectivity index (χ1v) is 9.48. The monoisotopic (exact) mass is 352 g/mol. The largest absolute Gasteiger partial charge is 0.263 e. The van der Waals surface area contributed by atoms with E-state index >= 15 is 0 Å². The number of benzene rings is 2. The molecule has 3 aromatic rings. The Kier molecular flexibility index (Phi) is 4.59. The molecule has 1 N–H and O–H groups in total. The lowest BCUT2D eigenvalue weighted by molar-refractivity contribution is 0.600. The number of anilines is 1. The molecule has 0 unspecified atom stereocenters. The van der Waals surface area contributed by atoms with Gasteiger partial charge in [0.15, 0.2) is 0 Å². The molecule has 0 radical (unpaired) electrons. The van der Waals surface area contributed by atoms with E-state index in [9.17, 15) is 8.42 Å². The summed E-state index contributed by atoms with van der Waals surface area (Å²) in [5.41, 5.74) is 4.71. The minimum atomic E-state index is -3.68. The predicted molar refractivity (Wildman–Crippen MR) is 101 cm³/mol. The molecule has 0 aliphatic carbocycles. The molecular weight excluding hydrogens is 332 g/mol. The highest BCUT2D eigenvalue weighted by Crippen LogP contribution is 2.27. The molecule has 1 heterocycles. The molecule has 3 rings (SSSR count). The number of rotatable bonds is 4. The number of nitrogens with zero attached hydrogens (tertiary/aromatic N) is 1. The van der Waals surface area contributed by atoms with E-state index in [1.165, 1.54) is 0 Å². The van der Waals surface area contributed by atoms with Gasteiger partial charge in [0.05, 0.1) is 4.90 Å². The Morgan fingerprint density at radius 2 is 1.60 bits per heavy atom. The van der Waals surface area contributed by atoms with E-state index in [0.717, 1.165) is 22.4 Å². The first kappa shape index (κ1) is 17.2. The summed E-state index contributed by atoms with van der Waals surface area (Å²) < 4.78 is 27.9. The van der Waals surface area contributed by atoms with Crippen LogP contribution in [0, 0.1) is 20.8 Å². The molecule has 0 amide bonds. The molecule has 0 aliphatic rings. The maximum absolute atomic E-state index is 12.7. The SMILES string of the molecule is Cc1cccc(NS(=O)(=O)c2ccc(-c3ccccc3C)cc2C)n1. The molecule has 0 spiro atoms. The van der Waals surface area contributed by atoms with Crippen LogP contribution in [-0.4, -0.2) is 13.4 Å². The molecule has 0 aliphatic heterocycles. The molecule has 1 aromatic heterocycles. The molecule has 0 saturated heterocycles. The minimum Gasteiger partial charge on any atom is -0.263 e. The average Bonchev–Trinajstić information content (AvgIpc) is 2.54. The second-order valence-electron chi connectivity index (χ2n) is 6.06. The van der Waals surface area contributed by atoms with Gasteiger partial charge in [-0.3, -0.25) is 4.72 Å². The van der Waals surface area contributed by atoms with E-state index in [-0.39, 0.29) is 4.90 Å². The first-order valence-electron chi connectivity index (χ1n) is 8.00. The number of pyridine rings is 1. The summed E-state index contributed by atoms with van der Waals surface area (Å²) in [4.78, 5) is 4.46. The average molecular weight is 352 g/mol. The fraction of sp³-hybridized carbons (Fsp3) is 0.150. The van der Waals surface area contributed by atoms with Crippen LogP contribution in [0.25, 0.3) is 11.1 Å². The van der Waals surface area contributed by atoms with Crippen molar-refractivity contribution >= 4 is 15.8 Å². The lowest BCUT2D eigenvalue weighted by Gasteiger charge is -2.12. The van der Waals surface area contributed by atoms with Gasteiger partial charge in [-0.1, -0.05) is 42.5 Å². The Labute approximate surface area is 148 Å². The van der Waals surface area contributed by atoms with E-state index in [1.807, 2.05) is 56.3 Å². The van der Waals surface area contributed by atoms with Crippen LogP contribution in [0.5, 0.6) is 0 Å². The molecule has 25 heavy (non-hydrogen) atoms. The van der Waals surface area contributed by atoms with Crippen molar-refractivity contribution in [2.24, 2.45) is 0 Å². The molecule has 5 heteroatoms. The zero-order valence-electron chi connectivity index (χ0n) is 14.4. The third-order valence-corrected chi connectivity index (χ3v) is 5.56. The summed E-state index contributed by atoms with van der Waals surface area (Å²) in [6.45, 7) is 5.67. The van der Waals surface area contributed by atoms with Crippen LogP contribution in [-0.2, 0) is 10.0 Å². The summed E-state index contributed by atoms with van der Waals surface area (Å²) in [5.74, 6) is 0.322. The quantitative estimate of drug-likeness (QED) is 0.753. The van der Waals surface area contributed by atoms with Crippen LogP contribution in [0.4, 0.5) is 5.82 Å². The lowest BCUT2D eigenvalue weighted by atomic mass is 9.99. The fourth-order valence-corrected chi connectivity index (χ4v) is 4.04. The van der Waals surface area contributed by atoms with Crippen molar-refractivity contribution in [2.75, 3.05) is 4.72 Å². The molecule has 0 atom stereocenters. The Hall–Kier alpha value is -2.66. The standard InChI is InChI=1S/C20H20N2O2S/c1-14-7-4-5-9-18(14)17-11-12-19(15(2)13-17)25(23,24)22-20-10-6-8-16(3)21-20/h4-13H,1-3H3,(H,21,22). The number of hydrogen-bond donors (Lipinski definition) is 1. The maximum atomic E-state index is 12.7. The highest BCUT2D eigenvalue weighted by Gasteiger charge is 2.18. The number of nitrogens with one attached hydrogen (secondary N) is 1. The lowest BCUT2D eigenvalue weighted by Crippen LogP contribution is -2.15. The highest BCUT2D eigenvalue weighted by molar-refractivity contribution is 7.92. The summed E-state index contributed by atoms with van der Waals surface area (Å²) >= 11 is 0. The summed E-state index contributed by atoms with van der Waals surface area (Å²) in [5, 5.41) is 0. The van der Waals surface area contributed by atoms with Crippen molar-refractivity contribution < 1.29 is 8.42 Å². The second-order valence-corrected chi connectivity index (χ2v) is 7.72. The minimum absolute atomic E-state index is 0.258. The Bertz CT molecular complexity index is 1030. The van der Waals surface area contributed by atoms with Gasteiger partial charge in [0.1, 0.15) is 5.82 Å². The smallest absolute Gasteiger partial charge is 0.263 e. The van der Waals surface area contributed by atoms with Crippen LogP contribution in [0.15, 0.2) is 65.6 Å². The zero-order chi connectivity index (χ0) is 18.0. The van der Waals surface area contributed by atoms with E-state index in [1.54, 1.807) is 25.1 Å². The van der Waals surface area contributed by atoms with Crippen LogP contribution < -0.4 is 4.72 Å². The molecule has 2 aromatic carbocycles. The molecule has 128 valence electrons. The molecule has 0 bridgehead atoms. The van der Waals surface area contributed by atoms with Gasteiger partial charge in [-0.05, 0) is 61.2 Å². The number of sulfonamides is 1. The maximum Gasteiger partial charge on any atom is 0.263 e. The molecular formula is C20H20N2O2S. The van der Waals surface area contributed by atoms with Crippen molar-refractivity contribution in [1.82, 2.24) is 4.98 Å². The van der Waals surface area contributed by atoms with E-state index in [4.69, 9.17) is 0 Å². The summed E-state index contributed by atoms with van der Waals surface area (Å²) in [7, 11) is -3.68. The number of aryl methyl sites for hydroxylation is 3. The number of aromatic nitrogens is 1. The van der Waals surface area contributed by atoms with E-state index in [0.29, 0.717) is 11.4 Å². The van der Waals surface area contributed by atoms with Gasteiger partial charge >= 0.3 is 0 Å². The third-order valence-electron chi connectivity index (χ3n) is 4.05. The fourth-order valence-electron chi connectivity index (χ4n) is 2.81.